The third-order valence-corrected chi connectivity index (χ3v) is 4.41. The van der Waals surface area contributed by atoms with E-state index in [-0.39, 0.29) is 25.0 Å². The van der Waals surface area contributed by atoms with Crippen LogP contribution in [0.25, 0.3) is 0 Å². The Morgan fingerprint density at radius 1 is 1.30 bits per heavy atom. The smallest absolute Gasteiger partial charge is 0.314 e. The largest absolute Gasteiger partial charge is 0.481 e. The molecule has 0 aliphatic heterocycles. The molecule has 23 heavy (non-hydrogen) atoms. The van der Waals surface area contributed by atoms with E-state index in [0.29, 0.717) is 25.9 Å². The summed E-state index contributed by atoms with van der Waals surface area (Å²) in [6.07, 6.45) is 1.09. The Bertz CT molecular complexity index is 537. The standard InChI is InChI=1S/C16H23BrN2O4/c1-11-13(4-2-5-14(11)17)8-12(10-20)9-19-16(23)18-7-3-6-15(21)22/h2,4-5,12,20H,3,6-10H2,1H3,(H,21,22)(H2,18,19,23). The van der Waals surface area contributed by atoms with Gasteiger partial charge in [0.25, 0.3) is 0 Å². The van der Waals surface area contributed by atoms with Gasteiger partial charge in [-0.2, -0.15) is 0 Å². The van der Waals surface area contributed by atoms with Crippen molar-refractivity contribution in [1.82, 2.24) is 10.6 Å². The van der Waals surface area contributed by atoms with Crippen molar-refractivity contribution >= 4 is 27.9 Å². The second-order valence-electron chi connectivity index (χ2n) is 5.41. The van der Waals surface area contributed by atoms with E-state index < -0.39 is 5.97 Å². The summed E-state index contributed by atoms with van der Waals surface area (Å²) in [5, 5.41) is 23.3. The van der Waals surface area contributed by atoms with Gasteiger partial charge in [0, 0.05) is 36.5 Å². The van der Waals surface area contributed by atoms with E-state index in [9.17, 15) is 14.7 Å². The van der Waals surface area contributed by atoms with E-state index in [2.05, 4.69) is 26.6 Å². The molecule has 0 saturated heterocycles. The second-order valence-corrected chi connectivity index (χ2v) is 6.27. The summed E-state index contributed by atoms with van der Waals surface area (Å²) >= 11 is 3.48. The normalized spacial score (nSPS) is 11.8. The van der Waals surface area contributed by atoms with Crippen LogP contribution in [0.4, 0.5) is 4.79 Å². The summed E-state index contributed by atoms with van der Waals surface area (Å²) in [6.45, 7) is 2.65. The van der Waals surface area contributed by atoms with E-state index in [1.807, 2.05) is 25.1 Å². The Morgan fingerprint density at radius 3 is 2.70 bits per heavy atom. The number of aliphatic hydroxyl groups excluding tert-OH is 1. The third-order valence-electron chi connectivity index (χ3n) is 3.55. The average molecular weight is 387 g/mol. The van der Waals surface area contributed by atoms with Crippen molar-refractivity contribution in [2.24, 2.45) is 5.92 Å². The summed E-state index contributed by atoms with van der Waals surface area (Å²) in [5.74, 6) is -0.954. The van der Waals surface area contributed by atoms with Crippen LogP contribution >= 0.6 is 15.9 Å². The molecule has 0 bridgehead atoms. The zero-order valence-corrected chi connectivity index (χ0v) is 14.7. The van der Waals surface area contributed by atoms with Crippen LogP contribution in [0.5, 0.6) is 0 Å². The van der Waals surface area contributed by atoms with Crippen LogP contribution in [0.3, 0.4) is 0 Å². The van der Waals surface area contributed by atoms with Crippen molar-refractivity contribution in [2.75, 3.05) is 19.7 Å². The fraction of sp³-hybridized carbons (Fsp3) is 0.500. The maximum absolute atomic E-state index is 11.6. The number of aliphatic hydroxyl groups is 1. The zero-order valence-electron chi connectivity index (χ0n) is 13.1. The van der Waals surface area contributed by atoms with Crippen molar-refractivity contribution in [3.63, 3.8) is 0 Å². The molecule has 0 heterocycles. The van der Waals surface area contributed by atoms with Gasteiger partial charge in [0.05, 0.1) is 0 Å². The number of carboxylic acid groups (broad SMARTS) is 1. The number of carboxylic acids is 1. The number of halogens is 1. The highest BCUT2D eigenvalue weighted by molar-refractivity contribution is 9.10. The molecule has 0 radical (unpaired) electrons. The zero-order chi connectivity index (χ0) is 17.2. The van der Waals surface area contributed by atoms with Crippen molar-refractivity contribution in [1.29, 1.82) is 0 Å². The van der Waals surface area contributed by atoms with Gasteiger partial charge in [0.15, 0.2) is 0 Å². The second kappa shape index (κ2) is 10.2. The van der Waals surface area contributed by atoms with E-state index >= 15 is 0 Å². The lowest BCUT2D eigenvalue weighted by Crippen LogP contribution is -2.39. The van der Waals surface area contributed by atoms with Crippen LogP contribution in [0, 0.1) is 12.8 Å². The van der Waals surface area contributed by atoms with E-state index in [0.717, 1.165) is 15.6 Å². The van der Waals surface area contributed by atoms with Crippen LogP contribution < -0.4 is 10.6 Å². The Morgan fingerprint density at radius 2 is 2.04 bits per heavy atom. The van der Waals surface area contributed by atoms with Crippen molar-refractivity contribution in [3.05, 3.63) is 33.8 Å². The molecule has 1 rings (SSSR count). The maximum Gasteiger partial charge on any atom is 0.314 e. The monoisotopic (exact) mass is 386 g/mol. The topological polar surface area (TPSA) is 98.7 Å². The SMILES string of the molecule is Cc1c(Br)cccc1CC(CO)CNC(=O)NCCCC(=O)O. The van der Waals surface area contributed by atoms with Crippen LogP contribution in [-0.4, -0.2) is 41.9 Å². The number of nitrogens with one attached hydrogen (secondary N) is 2. The van der Waals surface area contributed by atoms with Gasteiger partial charge in [0.1, 0.15) is 0 Å². The Kier molecular flexibility index (Phi) is 8.65. The van der Waals surface area contributed by atoms with Gasteiger partial charge in [0.2, 0.25) is 0 Å². The number of hydrogen-bond donors (Lipinski definition) is 4. The minimum Gasteiger partial charge on any atom is -0.481 e. The van der Waals surface area contributed by atoms with Gasteiger partial charge < -0.3 is 20.8 Å². The molecule has 4 N–H and O–H groups in total. The summed E-state index contributed by atoms with van der Waals surface area (Å²) < 4.78 is 1.02. The number of benzene rings is 1. The van der Waals surface area contributed by atoms with Crippen molar-refractivity contribution < 1.29 is 19.8 Å². The number of carbonyl (C=O) groups excluding carboxylic acids is 1. The minimum atomic E-state index is -0.878. The van der Waals surface area contributed by atoms with Gasteiger partial charge in [-0.15, -0.1) is 0 Å². The van der Waals surface area contributed by atoms with Gasteiger partial charge in [-0.25, -0.2) is 4.79 Å². The fourth-order valence-electron chi connectivity index (χ4n) is 2.13. The van der Waals surface area contributed by atoms with Crippen molar-refractivity contribution in [2.45, 2.75) is 26.2 Å². The number of aliphatic carboxylic acids is 1. The Hall–Kier alpha value is -1.60. The van der Waals surface area contributed by atoms with Crippen molar-refractivity contribution in [3.8, 4) is 0 Å². The molecule has 1 unspecified atom stereocenters. The molecular weight excluding hydrogens is 364 g/mol. The lowest BCUT2D eigenvalue weighted by Gasteiger charge is -2.17. The first-order valence-electron chi connectivity index (χ1n) is 7.52. The molecule has 0 aliphatic carbocycles. The molecule has 0 aromatic heterocycles. The van der Waals surface area contributed by atoms with Gasteiger partial charge in [-0.1, -0.05) is 28.1 Å². The highest BCUT2D eigenvalue weighted by atomic mass is 79.9. The first-order valence-corrected chi connectivity index (χ1v) is 8.31. The molecule has 2 amide bonds. The third kappa shape index (κ3) is 7.47. The van der Waals surface area contributed by atoms with Crippen LogP contribution in [0.15, 0.2) is 22.7 Å². The van der Waals surface area contributed by atoms with Gasteiger partial charge >= 0.3 is 12.0 Å². The van der Waals surface area contributed by atoms with Crippen LogP contribution in [0.2, 0.25) is 0 Å². The van der Waals surface area contributed by atoms with E-state index in [1.165, 1.54) is 0 Å². The number of hydrogen-bond acceptors (Lipinski definition) is 3. The summed E-state index contributed by atoms with van der Waals surface area (Å²) in [4.78, 5) is 22.0. The number of rotatable bonds is 9. The maximum atomic E-state index is 11.6. The molecule has 1 aromatic carbocycles. The summed E-state index contributed by atoms with van der Waals surface area (Å²) in [6, 6.07) is 5.58. The lowest BCUT2D eigenvalue weighted by molar-refractivity contribution is -0.137. The van der Waals surface area contributed by atoms with Gasteiger partial charge in [-0.3, -0.25) is 4.79 Å². The molecule has 0 saturated carbocycles. The highest BCUT2D eigenvalue weighted by Crippen LogP contribution is 2.21. The minimum absolute atomic E-state index is 0.0226. The molecule has 0 fully saturated rings. The number of urea groups is 1. The predicted octanol–water partition coefficient (Wildman–Crippen LogP) is 2.07. The first-order chi connectivity index (χ1) is 10.9. The molecule has 128 valence electrons. The van der Waals surface area contributed by atoms with Crippen LogP contribution in [0.1, 0.15) is 24.0 Å². The fourth-order valence-corrected chi connectivity index (χ4v) is 2.53. The Balaban J connectivity index is 2.37. The molecule has 0 aliphatic rings. The molecule has 0 spiro atoms. The predicted molar refractivity (Wildman–Crippen MR) is 91.4 cm³/mol. The lowest BCUT2D eigenvalue weighted by atomic mass is 9.96. The number of amides is 2. The molecular formula is C16H23BrN2O4. The molecule has 7 heteroatoms. The molecule has 1 aromatic rings. The quantitative estimate of drug-likeness (QED) is 0.488. The highest BCUT2D eigenvalue weighted by Gasteiger charge is 2.12. The first kappa shape index (κ1) is 19.4. The molecule has 6 nitrogen and oxygen atoms in total. The van der Waals surface area contributed by atoms with Crippen LogP contribution in [-0.2, 0) is 11.2 Å². The Labute approximate surface area is 144 Å². The summed E-state index contributed by atoms with van der Waals surface area (Å²) in [7, 11) is 0. The average Bonchev–Trinajstić information content (AvgIpc) is 2.51. The van der Waals surface area contributed by atoms with E-state index in [4.69, 9.17) is 5.11 Å². The number of carbonyl (C=O) groups is 2. The molecule has 1 atom stereocenters. The van der Waals surface area contributed by atoms with Gasteiger partial charge in [-0.05, 0) is 37.0 Å². The summed E-state index contributed by atoms with van der Waals surface area (Å²) in [5.41, 5.74) is 2.26. The van der Waals surface area contributed by atoms with E-state index in [1.54, 1.807) is 0 Å².